The Bertz CT molecular complexity index is 1020. The van der Waals surface area contributed by atoms with Crippen LogP contribution in [0.1, 0.15) is 29.1 Å². The molecule has 2 aromatic heterocycles. The van der Waals surface area contributed by atoms with E-state index in [2.05, 4.69) is 5.32 Å². The Labute approximate surface area is 156 Å². The monoisotopic (exact) mass is 370 g/mol. The molecule has 0 radical (unpaired) electrons. The van der Waals surface area contributed by atoms with Gasteiger partial charge in [-0.2, -0.15) is 0 Å². The number of carbonyl (C=O) groups is 1. The molecule has 0 bridgehead atoms. The maximum atomic E-state index is 12.3. The van der Waals surface area contributed by atoms with E-state index in [1.165, 1.54) is 6.07 Å². The first kappa shape index (κ1) is 18.6. The lowest BCUT2D eigenvalue weighted by atomic mass is 10.2. The first-order valence-corrected chi connectivity index (χ1v) is 8.75. The van der Waals surface area contributed by atoms with E-state index in [-0.39, 0.29) is 22.8 Å². The third-order valence-corrected chi connectivity index (χ3v) is 4.48. The average Bonchev–Trinajstić information content (AvgIpc) is 3.11. The summed E-state index contributed by atoms with van der Waals surface area (Å²) in [4.78, 5) is 23.6. The topological polar surface area (TPSA) is 93.7 Å². The number of fused-ring (bicyclic) bond motifs is 1. The van der Waals surface area contributed by atoms with Gasteiger partial charge in [-0.25, -0.2) is 0 Å². The van der Waals surface area contributed by atoms with Crippen molar-refractivity contribution in [1.29, 1.82) is 0 Å². The molecule has 2 heterocycles. The van der Waals surface area contributed by atoms with E-state index in [1.54, 1.807) is 32.4 Å². The van der Waals surface area contributed by atoms with Crippen molar-refractivity contribution in [2.45, 2.75) is 26.3 Å². The minimum Gasteiger partial charge on any atom is -0.503 e. The highest BCUT2D eigenvalue weighted by Crippen LogP contribution is 2.28. The van der Waals surface area contributed by atoms with Gasteiger partial charge in [0.15, 0.2) is 22.8 Å². The summed E-state index contributed by atoms with van der Waals surface area (Å²) in [6.45, 7) is 2.85. The van der Waals surface area contributed by atoms with Crippen LogP contribution in [0.5, 0.6) is 11.5 Å². The molecule has 7 nitrogen and oxygen atoms in total. The Balaban J connectivity index is 1.52. The number of nitrogens with one attached hydrogen (secondary N) is 1. The van der Waals surface area contributed by atoms with Gasteiger partial charge in [-0.15, -0.1) is 0 Å². The van der Waals surface area contributed by atoms with Crippen molar-refractivity contribution >= 4 is 16.9 Å². The average molecular weight is 370 g/mol. The van der Waals surface area contributed by atoms with Crippen LogP contribution in [-0.4, -0.2) is 29.2 Å². The molecule has 0 saturated carbocycles. The number of para-hydroxylation sites is 1. The fourth-order valence-electron chi connectivity index (χ4n) is 2.91. The normalized spacial score (nSPS) is 10.9. The van der Waals surface area contributed by atoms with Crippen LogP contribution >= 0.6 is 0 Å². The van der Waals surface area contributed by atoms with Gasteiger partial charge in [-0.3, -0.25) is 9.59 Å². The number of furan rings is 1. The number of nitrogens with zero attached hydrogens (tertiary/aromatic N) is 1. The van der Waals surface area contributed by atoms with Gasteiger partial charge >= 0.3 is 0 Å². The van der Waals surface area contributed by atoms with Crippen LogP contribution in [0.25, 0.3) is 11.0 Å². The summed E-state index contributed by atoms with van der Waals surface area (Å²) in [7, 11) is 1.56. The number of rotatable bonds is 7. The number of unbranched alkanes of at least 4 members (excludes halogenated alkanes) is 1. The number of amides is 1. The quantitative estimate of drug-likeness (QED) is 0.624. The summed E-state index contributed by atoms with van der Waals surface area (Å²) in [5, 5.41) is 13.3. The number of aromatic nitrogens is 1. The van der Waals surface area contributed by atoms with Gasteiger partial charge in [0, 0.05) is 30.7 Å². The van der Waals surface area contributed by atoms with Gasteiger partial charge in [0.05, 0.1) is 12.8 Å². The third-order valence-electron chi connectivity index (χ3n) is 4.48. The predicted molar refractivity (Wildman–Crippen MR) is 101 cm³/mol. The number of methoxy groups -OCH3 is 1. The van der Waals surface area contributed by atoms with Crippen LogP contribution in [0, 0.1) is 6.92 Å². The largest absolute Gasteiger partial charge is 0.503 e. The van der Waals surface area contributed by atoms with Crippen LogP contribution in [0.15, 0.2) is 45.7 Å². The molecule has 0 aliphatic heterocycles. The van der Waals surface area contributed by atoms with Gasteiger partial charge in [0.1, 0.15) is 0 Å². The Morgan fingerprint density at radius 2 is 2.11 bits per heavy atom. The minimum atomic E-state index is -0.376. The highest BCUT2D eigenvalue weighted by molar-refractivity contribution is 5.97. The Hall–Kier alpha value is -3.22. The van der Waals surface area contributed by atoms with Crippen molar-refractivity contribution in [3.05, 3.63) is 58.2 Å². The zero-order valence-corrected chi connectivity index (χ0v) is 15.3. The molecule has 3 aromatic rings. The van der Waals surface area contributed by atoms with Gasteiger partial charge in [0.2, 0.25) is 5.43 Å². The maximum Gasteiger partial charge on any atom is 0.287 e. The molecular formula is C20H22N2O5. The molecular weight excluding hydrogens is 348 g/mol. The van der Waals surface area contributed by atoms with E-state index in [1.807, 2.05) is 16.7 Å². The summed E-state index contributed by atoms with van der Waals surface area (Å²) in [5.74, 6) is 0.346. The molecule has 0 aliphatic carbocycles. The van der Waals surface area contributed by atoms with Crippen molar-refractivity contribution in [2.75, 3.05) is 13.7 Å². The zero-order chi connectivity index (χ0) is 19.4. The molecule has 0 fully saturated rings. The van der Waals surface area contributed by atoms with Gasteiger partial charge in [-0.05, 0) is 31.9 Å². The number of hydrogen-bond acceptors (Lipinski definition) is 5. The zero-order valence-electron chi connectivity index (χ0n) is 15.3. The number of hydrogen-bond donors (Lipinski definition) is 2. The van der Waals surface area contributed by atoms with Crippen LogP contribution in [0.2, 0.25) is 0 Å². The van der Waals surface area contributed by atoms with Gasteiger partial charge in [0.25, 0.3) is 5.91 Å². The summed E-state index contributed by atoms with van der Waals surface area (Å²) in [5.41, 5.74) is 0.722. The van der Waals surface area contributed by atoms with E-state index >= 15 is 0 Å². The van der Waals surface area contributed by atoms with Gasteiger partial charge < -0.3 is 24.1 Å². The van der Waals surface area contributed by atoms with Crippen LogP contribution < -0.4 is 15.5 Å². The number of aromatic hydroxyl groups is 1. The summed E-state index contributed by atoms with van der Waals surface area (Å²) in [6, 6.07) is 8.53. The van der Waals surface area contributed by atoms with E-state index in [4.69, 9.17) is 9.15 Å². The van der Waals surface area contributed by atoms with Crippen molar-refractivity contribution in [3.63, 3.8) is 0 Å². The van der Waals surface area contributed by atoms with Crippen molar-refractivity contribution in [3.8, 4) is 11.5 Å². The predicted octanol–water partition coefficient (Wildman–Crippen LogP) is 2.83. The number of ether oxygens (including phenoxy) is 1. The molecule has 0 unspecified atom stereocenters. The van der Waals surface area contributed by atoms with Crippen molar-refractivity contribution in [2.24, 2.45) is 0 Å². The smallest absolute Gasteiger partial charge is 0.287 e. The lowest BCUT2D eigenvalue weighted by Gasteiger charge is -2.11. The number of benzene rings is 1. The minimum absolute atomic E-state index is 0.217. The van der Waals surface area contributed by atoms with Crippen LogP contribution in [0.4, 0.5) is 0 Å². The number of carbonyl (C=O) groups excluding carboxylic acids is 1. The maximum absolute atomic E-state index is 12.3. The first-order chi connectivity index (χ1) is 13.0. The Morgan fingerprint density at radius 1 is 1.30 bits per heavy atom. The fraction of sp³-hybridized carbons (Fsp3) is 0.300. The molecule has 142 valence electrons. The molecule has 3 rings (SSSR count). The highest BCUT2D eigenvalue weighted by atomic mass is 16.5. The second-order valence-corrected chi connectivity index (χ2v) is 6.26. The molecule has 0 aliphatic rings. The van der Waals surface area contributed by atoms with Crippen molar-refractivity contribution < 1.29 is 19.1 Å². The molecule has 0 saturated heterocycles. The molecule has 27 heavy (non-hydrogen) atoms. The summed E-state index contributed by atoms with van der Waals surface area (Å²) in [6.07, 6.45) is 3.21. The van der Waals surface area contributed by atoms with E-state index in [9.17, 15) is 14.7 Å². The molecule has 7 heteroatoms. The molecule has 0 atom stereocenters. The van der Waals surface area contributed by atoms with Crippen LogP contribution in [-0.2, 0) is 6.54 Å². The third kappa shape index (κ3) is 3.97. The number of aryl methyl sites for hydroxylation is 1. The molecule has 1 amide bonds. The lowest BCUT2D eigenvalue weighted by Crippen LogP contribution is -2.24. The second-order valence-electron chi connectivity index (χ2n) is 6.26. The number of pyridine rings is 1. The summed E-state index contributed by atoms with van der Waals surface area (Å²) >= 11 is 0. The SMILES string of the molecule is COc1cccc2cc(C(=O)NCCCCn3ccc(=O)c(O)c3C)oc12. The first-order valence-electron chi connectivity index (χ1n) is 8.75. The molecule has 2 N–H and O–H groups in total. The van der Waals surface area contributed by atoms with E-state index in [0.29, 0.717) is 30.1 Å². The molecule has 1 aromatic carbocycles. The second kappa shape index (κ2) is 7.99. The fourth-order valence-corrected chi connectivity index (χ4v) is 2.91. The summed E-state index contributed by atoms with van der Waals surface area (Å²) < 4.78 is 12.7. The van der Waals surface area contributed by atoms with E-state index < -0.39 is 0 Å². The van der Waals surface area contributed by atoms with E-state index in [0.717, 1.165) is 18.2 Å². The highest BCUT2D eigenvalue weighted by Gasteiger charge is 2.14. The standard InChI is InChI=1S/C20H22N2O5/c1-13-18(24)15(23)8-11-22(13)10-4-3-9-21-20(25)17-12-14-6-5-7-16(26-2)19(14)27-17/h5-8,11-12,24H,3-4,9-10H2,1-2H3,(H,21,25). The van der Waals surface area contributed by atoms with Gasteiger partial charge in [-0.1, -0.05) is 12.1 Å². The Morgan fingerprint density at radius 3 is 2.89 bits per heavy atom. The van der Waals surface area contributed by atoms with Crippen LogP contribution in [0.3, 0.4) is 0 Å². The Kier molecular flexibility index (Phi) is 5.49. The molecule has 0 spiro atoms. The van der Waals surface area contributed by atoms with Crippen molar-refractivity contribution in [1.82, 2.24) is 9.88 Å². The lowest BCUT2D eigenvalue weighted by molar-refractivity contribution is 0.0927.